The van der Waals surface area contributed by atoms with E-state index < -0.39 is 11.7 Å². The number of nitrogens with zero attached hydrogens (tertiary/aromatic N) is 3. The molecule has 0 unspecified atom stereocenters. The van der Waals surface area contributed by atoms with Gasteiger partial charge < -0.3 is 14.6 Å². The molecule has 1 aliphatic heterocycles. The van der Waals surface area contributed by atoms with E-state index in [4.69, 9.17) is 26.3 Å². The van der Waals surface area contributed by atoms with E-state index in [1.54, 1.807) is 18.3 Å². The highest BCUT2D eigenvalue weighted by molar-refractivity contribution is 7.22. The molecule has 0 spiro atoms. The summed E-state index contributed by atoms with van der Waals surface area (Å²) < 4.78 is 9.79. The molecule has 2 aromatic heterocycles. The second kappa shape index (κ2) is 10.6. The van der Waals surface area contributed by atoms with Crippen molar-refractivity contribution in [1.29, 1.82) is 0 Å². The maximum absolute atomic E-state index is 13.1. The van der Waals surface area contributed by atoms with Gasteiger partial charge in [-0.25, -0.2) is 9.97 Å². The summed E-state index contributed by atoms with van der Waals surface area (Å²) in [7, 11) is 0. The van der Waals surface area contributed by atoms with Crippen molar-refractivity contribution in [1.82, 2.24) is 19.9 Å². The second-order valence-electron chi connectivity index (χ2n) is 12.0. The molecule has 0 aliphatic carbocycles. The van der Waals surface area contributed by atoms with Crippen LogP contribution in [0.25, 0.3) is 42.9 Å². The molecule has 0 radical (unpaired) electrons. The first-order valence-electron chi connectivity index (χ1n) is 14.1. The van der Waals surface area contributed by atoms with Crippen molar-refractivity contribution in [3.05, 3.63) is 70.5 Å². The number of imidazole rings is 1. The fraction of sp³-hybridized carbons (Fsp3) is 0.364. The van der Waals surface area contributed by atoms with Gasteiger partial charge in [0, 0.05) is 34.3 Å². The number of fused-ring (bicyclic) bond motifs is 2. The van der Waals surface area contributed by atoms with E-state index in [2.05, 4.69) is 41.1 Å². The summed E-state index contributed by atoms with van der Waals surface area (Å²) in [6.07, 6.45) is 0.391. The molecule has 1 saturated heterocycles. The number of Topliss-reactive ketones (excluding diaryl/α,β-unsaturated/α-hetero) is 1. The predicted molar refractivity (Wildman–Crippen MR) is 169 cm³/mol. The van der Waals surface area contributed by atoms with Crippen LogP contribution in [0.2, 0.25) is 5.02 Å². The van der Waals surface area contributed by atoms with E-state index in [1.165, 1.54) is 0 Å². The Morgan fingerprint density at radius 3 is 2.46 bits per heavy atom. The zero-order valence-corrected chi connectivity index (χ0v) is 25.9. The van der Waals surface area contributed by atoms with Crippen molar-refractivity contribution in [2.45, 2.75) is 65.7 Å². The first kappa shape index (κ1) is 28.0. The Morgan fingerprint density at radius 1 is 1.07 bits per heavy atom. The molecule has 0 saturated carbocycles. The molecule has 1 aliphatic rings. The summed E-state index contributed by atoms with van der Waals surface area (Å²) in [4.78, 5) is 23.0. The first-order chi connectivity index (χ1) is 19.5. The summed E-state index contributed by atoms with van der Waals surface area (Å²) in [6, 6.07) is 16.7. The first-order valence-corrected chi connectivity index (χ1v) is 15.3. The molecule has 6 nitrogen and oxygen atoms in total. The van der Waals surface area contributed by atoms with Crippen LogP contribution >= 0.6 is 22.9 Å². The minimum atomic E-state index is -0.704. The van der Waals surface area contributed by atoms with Crippen LogP contribution in [0.15, 0.2) is 48.5 Å². The van der Waals surface area contributed by atoms with E-state index in [0.717, 1.165) is 79.4 Å². The molecule has 6 rings (SSSR count). The van der Waals surface area contributed by atoms with Gasteiger partial charge >= 0.3 is 0 Å². The Bertz CT molecular complexity index is 1780. The van der Waals surface area contributed by atoms with Crippen LogP contribution in [-0.2, 0) is 9.53 Å². The monoisotopic (exact) mass is 586 g/mol. The fourth-order valence-corrected chi connectivity index (χ4v) is 7.19. The number of aryl methyl sites for hydroxylation is 2. The summed E-state index contributed by atoms with van der Waals surface area (Å²) in [5, 5.41) is 5.08. The van der Waals surface area contributed by atoms with E-state index in [0.29, 0.717) is 11.1 Å². The number of carbonyl (C=O) groups is 1. The van der Waals surface area contributed by atoms with E-state index in [-0.39, 0.29) is 5.78 Å². The minimum absolute atomic E-state index is 0.0298. The van der Waals surface area contributed by atoms with Crippen LogP contribution in [0.4, 0.5) is 0 Å². The molecule has 0 bridgehead atoms. The Labute approximate surface area is 249 Å². The Kier molecular flexibility index (Phi) is 7.27. The van der Waals surface area contributed by atoms with Crippen molar-refractivity contribution < 1.29 is 9.53 Å². The van der Waals surface area contributed by atoms with E-state index in [1.807, 2.05) is 52.0 Å². The van der Waals surface area contributed by atoms with Crippen molar-refractivity contribution in [2.75, 3.05) is 13.1 Å². The summed E-state index contributed by atoms with van der Waals surface area (Å²) in [5.41, 5.74) is 7.41. The largest absolute Gasteiger partial charge is 0.360 e. The number of aromatic nitrogens is 3. The smallest absolute Gasteiger partial charge is 0.163 e. The van der Waals surface area contributed by atoms with Crippen molar-refractivity contribution >= 4 is 50.0 Å². The molecule has 2 atom stereocenters. The van der Waals surface area contributed by atoms with Gasteiger partial charge in [-0.3, -0.25) is 4.79 Å². The summed E-state index contributed by atoms with van der Waals surface area (Å²) in [6.45, 7) is 13.6. The van der Waals surface area contributed by atoms with Crippen LogP contribution in [0.1, 0.15) is 63.2 Å². The lowest BCUT2D eigenvalue weighted by Gasteiger charge is -2.29. The minimum Gasteiger partial charge on any atom is -0.360 e. The highest BCUT2D eigenvalue weighted by Gasteiger charge is 2.30. The third kappa shape index (κ3) is 5.32. The summed E-state index contributed by atoms with van der Waals surface area (Å²) >= 11 is 7.93. The molecule has 3 aromatic carbocycles. The van der Waals surface area contributed by atoms with E-state index in [9.17, 15) is 4.79 Å². The van der Waals surface area contributed by atoms with Gasteiger partial charge in [-0.15, -0.1) is 11.3 Å². The Balaban J connectivity index is 1.57. The Morgan fingerprint density at radius 2 is 1.80 bits per heavy atom. The third-order valence-electron chi connectivity index (χ3n) is 7.68. The Hall–Kier alpha value is -3.10. The molecule has 1 fully saturated rings. The highest BCUT2D eigenvalue weighted by atomic mass is 35.5. The van der Waals surface area contributed by atoms with Crippen LogP contribution in [0.5, 0.6) is 0 Å². The topological polar surface area (TPSA) is 69.0 Å². The average molecular weight is 587 g/mol. The fourth-order valence-electron chi connectivity index (χ4n) is 5.94. The number of benzene rings is 3. The zero-order valence-electron chi connectivity index (χ0n) is 24.3. The van der Waals surface area contributed by atoms with Gasteiger partial charge in [0.2, 0.25) is 0 Å². The number of carbonyl (C=O) groups excluding carboxylic acids is 1. The van der Waals surface area contributed by atoms with Gasteiger partial charge in [0.1, 0.15) is 16.9 Å². The zero-order chi connectivity index (χ0) is 29.1. The average Bonchev–Trinajstić information content (AvgIpc) is 3.64. The van der Waals surface area contributed by atoms with Gasteiger partial charge in [0.25, 0.3) is 0 Å². The van der Waals surface area contributed by atoms with Crippen LogP contribution in [0.3, 0.4) is 0 Å². The molecule has 1 N–H and O–H groups in total. The number of nitrogens with one attached hydrogen (secondary N) is 1. The number of hydrogen-bond acceptors (Lipinski definition) is 6. The van der Waals surface area contributed by atoms with E-state index >= 15 is 0 Å². The van der Waals surface area contributed by atoms with Gasteiger partial charge in [-0.1, -0.05) is 23.7 Å². The normalized spacial score (nSPS) is 16.6. The van der Waals surface area contributed by atoms with Crippen LogP contribution in [-0.4, -0.2) is 39.0 Å². The molecule has 41 heavy (non-hydrogen) atoms. The molecule has 212 valence electrons. The van der Waals surface area contributed by atoms with Crippen molar-refractivity contribution in [3.63, 3.8) is 0 Å². The molecule has 8 heteroatoms. The lowest BCUT2D eigenvalue weighted by Crippen LogP contribution is -2.27. The maximum Gasteiger partial charge on any atom is 0.163 e. The third-order valence-corrected chi connectivity index (χ3v) is 9.07. The van der Waals surface area contributed by atoms with Gasteiger partial charge in [0.15, 0.2) is 5.78 Å². The van der Waals surface area contributed by atoms with Crippen LogP contribution < -0.4 is 5.32 Å². The quantitative estimate of drug-likeness (QED) is 0.217. The molecular weight excluding hydrogens is 552 g/mol. The predicted octanol–water partition coefficient (Wildman–Crippen LogP) is 8.23. The number of halogens is 1. The van der Waals surface area contributed by atoms with Crippen molar-refractivity contribution in [3.8, 4) is 21.7 Å². The molecular formula is C33H35ClN4O2S. The van der Waals surface area contributed by atoms with Gasteiger partial charge in [-0.2, -0.15) is 0 Å². The van der Waals surface area contributed by atoms with Gasteiger partial charge in [-0.05, 0) is 102 Å². The number of thiazole rings is 1. The number of hydrogen-bond donors (Lipinski definition) is 1. The van der Waals surface area contributed by atoms with Gasteiger partial charge in [0.05, 0.1) is 26.9 Å². The standard InChI is InChI=1S/C33H35ClN4O2S/c1-18-15-26-31(29(21-7-10-23(34)11-8-21)28(18)30(19(2)39)40-33(4,5)6)41-32(37-26)22-9-12-25-27(16-22)38(20(3)36-25)24-13-14-35-17-24/h7-12,15-16,24,30,35H,13-14,17H2,1-6H3/t24-,30+/m0/s1. The molecule has 5 aromatic rings. The van der Waals surface area contributed by atoms with Crippen molar-refractivity contribution in [2.24, 2.45) is 0 Å². The number of ketones is 1. The summed E-state index contributed by atoms with van der Waals surface area (Å²) in [5.74, 6) is 1.01. The van der Waals surface area contributed by atoms with Crippen LogP contribution in [0, 0.1) is 13.8 Å². The SMILES string of the molecule is CC(=O)[C@@H](OC(C)(C)C)c1c(C)cc2nc(-c3ccc4nc(C)n([C@H]5CCNC5)c4c3)sc2c1-c1ccc(Cl)cc1. The number of rotatable bonds is 6. The highest BCUT2D eigenvalue weighted by Crippen LogP contribution is 2.45. The molecule has 3 heterocycles. The molecule has 0 amide bonds. The number of ether oxygens (including phenoxy) is 1. The maximum atomic E-state index is 13.1. The lowest BCUT2D eigenvalue weighted by atomic mass is 9.90. The lowest BCUT2D eigenvalue weighted by molar-refractivity contribution is -0.138. The second-order valence-corrected chi connectivity index (χ2v) is 13.4.